The molecule has 0 radical (unpaired) electrons. The number of hydrogen-bond donors (Lipinski definition) is 2. The molecular weight excluding hydrogens is 292 g/mol. The van der Waals surface area contributed by atoms with E-state index in [1.807, 2.05) is 36.4 Å². The lowest BCUT2D eigenvalue weighted by Crippen LogP contribution is -2.17. The molecule has 0 spiro atoms. The number of halogens is 1. The van der Waals surface area contributed by atoms with Crippen LogP contribution >= 0.6 is 23.4 Å². The summed E-state index contributed by atoms with van der Waals surface area (Å²) in [5.41, 5.74) is 1.74. The van der Waals surface area contributed by atoms with Crippen LogP contribution in [0, 0.1) is 0 Å². The zero-order chi connectivity index (χ0) is 13.9. The Morgan fingerprint density at radius 2 is 1.85 bits per heavy atom. The molecule has 1 aliphatic heterocycles. The molecule has 20 heavy (non-hydrogen) atoms. The predicted octanol–water partition coefficient (Wildman–Crippen LogP) is 4.34. The molecule has 1 amide bonds. The Hall–Kier alpha value is -1.91. The first kappa shape index (κ1) is 13.1. The maximum Gasteiger partial charge on any atom is 0.263 e. The SMILES string of the molecule is O=C1Nc2ccccc2S/C1=C/Nc1ccc(Cl)cc1. The fourth-order valence-corrected chi connectivity index (χ4v) is 2.80. The highest BCUT2D eigenvalue weighted by Crippen LogP contribution is 2.37. The molecule has 0 saturated heterocycles. The minimum atomic E-state index is -0.102. The third-order valence-corrected chi connectivity index (χ3v) is 4.14. The molecule has 0 fully saturated rings. The van der Waals surface area contributed by atoms with Gasteiger partial charge in [0.2, 0.25) is 0 Å². The van der Waals surface area contributed by atoms with Gasteiger partial charge in [0.25, 0.3) is 5.91 Å². The van der Waals surface area contributed by atoms with E-state index in [4.69, 9.17) is 11.6 Å². The van der Waals surface area contributed by atoms with Crippen molar-refractivity contribution in [3.05, 3.63) is 64.7 Å². The largest absolute Gasteiger partial charge is 0.360 e. The van der Waals surface area contributed by atoms with Gasteiger partial charge in [0.1, 0.15) is 0 Å². The van der Waals surface area contributed by atoms with Crippen LogP contribution in [0.2, 0.25) is 5.02 Å². The van der Waals surface area contributed by atoms with E-state index in [0.29, 0.717) is 9.93 Å². The summed E-state index contributed by atoms with van der Waals surface area (Å²) in [5, 5.41) is 6.65. The number of carbonyl (C=O) groups is 1. The quantitative estimate of drug-likeness (QED) is 0.811. The Bertz CT molecular complexity index is 683. The normalized spacial score (nSPS) is 15.7. The average molecular weight is 303 g/mol. The Balaban J connectivity index is 1.79. The summed E-state index contributed by atoms with van der Waals surface area (Å²) in [7, 11) is 0. The van der Waals surface area contributed by atoms with E-state index in [2.05, 4.69) is 10.6 Å². The highest BCUT2D eigenvalue weighted by Gasteiger charge is 2.20. The van der Waals surface area contributed by atoms with Gasteiger partial charge in [-0.15, -0.1) is 0 Å². The molecule has 1 heterocycles. The van der Waals surface area contributed by atoms with Crippen LogP contribution in [-0.2, 0) is 4.79 Å². The summed E-state index contributed by atoms with van der Waals surface area (Å²) in [6.45, 7) is 0. The first-order chi connectivity index (χ1) is 9.72. The third-order valence-electron chi connectivity index (χ3n) is 2.79. The molecule has 0 atom stereocenters. The van der Waals surface area contributed by atoms with Crippen molar-refractivity contribution in [1.29, 1.82) is 0 Å². The summed E-state index contributed by atoms with van der Waals surface area (Å²) in [4.78, 5) is 13.6. The molecule has 3 rings (SSSR count). The summed E-state index contributed by atoms with van der Waals surface area (Å²) >= 11 is 7.28. The molecular formula is C15H11ClN2OS. The van der Waals surface area contributed by atoms with Crippen LogP contribution in [-0.4, -0.2) is 5.91 Å². The van der Waals surface area contributed by atoms with Crippen LogP contribution in [0.25, 0.3) is 0 Å². The lowest BCUT2D eigenvalue weighted by molar-refractivity contribution is -0.112. The Kier molecular flexibility index (Phi) is 3.67. The standard InChI is InChI=1S/C15H11ClN2OS/c16-10-5-7-11(8-6-10)17-9-14-15(19)18-12-3-1-2-4-13(12)20-14/h1-9,17H,(H,18,19)/b14-9+. The number of hydrogen-bond acceptors (Lipinski definition) is 3. The fraction of sp³-hybridized carbons (Fsp3) is 0. The van der Waals surface area contributed by atoms with Gasteiger partial charge in [-0.2, -0.15) is 0 Å². The molecule has 0 aromatic heterocycles. The van der Waals surface area contributed by atoms with Crippen LogP contribution in [0.4, 0.5) is 11.4 Å². The van der Waals surface area contributed by atoms with Crippen molar-refractivity contribution in [1.82, 2.24) is 0 Å². The zero-order valence-corrected chi connectivity index (χ0v) is 12.0. The number of benzene rings is 2. The minimum Gasteiger partial charge on any atom is -0.360 e. The van der Waals surface area contributed by atoms with Gasteiger partial charge in [0.05, 0.1) is 10.6 Å². The van der Waals surface area contributed by atoms with Gasteiger partial charge in [-0.3, -0.25) is 4.79 Å². The monoisotopic (exact) mass is 302 g/mol. The molecule has 2 aromatic carbocycles. The first-order valence-corrected chi connectivity index (χ1v) is 7.22. The van der Waals surface area contributed by atoms with Crippen molar-refractivity contribution in [2.45, 2.75) is 4.90 Å². The van der Waals surface area contributed by atoms with E-state index in [0.717, 1.165) is 16.3 Å². The highest BCUT2D eigenvalue weighted by molar-refractivity contribution is 8.04. The number of para-hydroxylation sites is 1. The van der Waals surface area contributed by atoms with Crippen molar-refractivity contribution < 1.29 is 4.79 Å². The Morgan fingerprint density at radius 3 is 2.65 bits per heavy atom. The summed E-state index contributed by atoms with van der Waals surface area (Å²) in [6.07, 6.45) is 1.71. The second kappa shape index (κ2) is 5.61. The minimum absolute atomic E-state index is 0.102. The molecule has 0 saturated carbocycles. The van der Waals surface area contributed by atoms with Crippen LogP contribution in [0.15, 0.2) is 64.5 Å². The van der Waals surface area contributed by atoms with E-state index in [1.54, 1.807) is 18.3 Å². The van der Waals surface area contributed by atoms with Crippen molar-refractivity contribution in [2.75, 3.05) is 10.6 Å². The number of anilines is 2. The van der Waals surface area contributed by atoms with E-state index >= 15 is 0 Å². The van der Waals surface area contributed by atoms with Crippen LogP contribution in [0.1, 0.15) is 0 Å². The van der Waals surface area contributed by atoms with Crippen molar-refractivity contribution in [3.63, 3.8) is 0 Å². The van der Waals surface area contributed by atoms with Gasteiger partial charge in [-0.25, -0.2) is 0 Å². The topological polar surface area (TPSA) is 41.1 Å². The van der Waals surface area contributed by atoms with E-state index in [-0.39, 0.29) is 5.91 Å². The molecule has 2 aromatic rings. The van der Waals surface area contributed by atoms with Gasteiger partial charge in [0.15, 0.2) is 0 Å². The van der Waals surface area contributed by atoms with Crippen molar-refractivity contribution in [2.24, 2.45) is 0 Å². The molecule has 1 aliphatic rings. The molecule has 3 nitrogen and oxygen atoms in total. The summed E-state index contributed by atoms with van der Waals surface area (Å²) < 4.78 is 0. The molecule has 2 N–H and O–H groups in total. The number of fused-ring (bicyclic) bond motifs is 1. The fourth-order valence-electron chi connectivity index (χ4n) is 1.80. The number of nitrogens with one attached hydrogen (secondary N) is 2. The van der Waals surface area contributed by atoms with E-state index in [1.165, 1.54) is 11.8 Å². The molecule has 5 heteroatoms. The van der Waals surface area contributed by atoms with Crippen molar-refractivity contribution in [3.8, 4) is 0 Å². The highest BCUT2D eigenvalue weighted by atomic mass is 35.5. The average Bonchev–Trinajstić information content (AvgIpc) is 2.47. The second-order valence-corrected chi connectivity index (χ2v) is 5.73. The van der Waals surface area contributed by atoms with Gasteiger partial charge in [-0.05, 0) is 36.4 Å². The molecule has 0 aliphatic carbocycles. The molecule has 0 bridgehead atoms. The Labute approximate surface area is 126 Å². The maximum atomic E-state index is 12.0. The van der Waals surface area contributed by atoms with E-state index in [9.17, 15) is 4.79 Å². The van der Waals surface area contributed by atoms with Gasteiger partial charge in [0, 0.05) is 21.8 Å². The number of carbonyl (C=O) groups excluding carboxylic acids is 1. The zero-order valence-electron chi connectivity index (χ0n) is 10.4. The lowest BCUT2D eigenvalue weighted by atomic mass is 10.3. The van der Waals surface area contributed by atoms with Crippen molar-refractivity contribution >= 4 is 40.6 Å². The van der Waals surface area contributed by atoms with Crippen LogP contribution in [0.5, 0.6) is 0 Å². The third kappa shape index (κ3) is 2.81. The summed E-state index contributed by atoms with van der Waals surface area (Å²) in [6, 6.07) is 15.0. The maximum absolute atomic E-state index is 12.0. The van der Waals surface area contributed by atoms with Gasteiger partial charge in [-0.1, -0.05) is 35.5 Å². The predicted molar refractivity (Wildman–Crippen MR) is 84.1 cm³/mol. The van der Waals surface area contributed by atoms with Crippen LogP contribution < -0.4 is 10.6 Å². The lowest BCUT2D eigenvalue weighted by Gasteiger charge is -2.18. The van der Waals surface area contributed by atoms with Gasteiger partial charge < -0.3 is 10.6 Å². The number of amides is 1. The van der Waals surface area contributed by atoms with Gasteiger partial charge >= 0.3 is 0 Å². The van der Waals surface area contributed by atoms with Crippen LogP contribution in [0.3, 0.4) is 0 Å². The molecule has 0 unspecified atom stereocenters. The molecule has 100 valence electrons. The number of thioether (sulfide) groups is 1. The first-order valence-electron chi connectivity index (χ1n) is 6.03. The second-order valence-electron chi connectivity index (χ2n) is 4.21. The Morgan fingerprint density at radius 1 is 1.10 bits per heavy atom. The summed E-state index contributed by atoms with van der Waals surface area (Å²) in [5.74, 6) is -0.102. The van der Waals surface area contributed by atoms with E-state index < -0.39 is 0 Å². The number of rotatable bonds is 2. The smallest absolute Gasteiger partial charge is 0.263 e.